The number of ether oxygens (including phenoxy) is 2. The molecule has 1 heterocycles. The zero-order chi connectivity index (χ0) is 23.4. The lowest BCUT2D eigenvalue weighted by molar-refractivity contribution is 0.0951. The van der Waals surface area contributed by atoms with E-state index < -0.39 is 6.03 Å². The van der Waals surface area contributed by atoms with Crippen LogP contribution >= 0.6 is 0 Å². The van der Waals surface area contributed by atoms with E-state index >= 15 is 0 Å². The number of nitrogens with zero attached hydrogens (tertiary/aromatic N) is 1. The Kier molecular flexibility index (Phi) is 6.91. The molecule has 1 aliphatic heterocycles. The first-order valence-corrected chi connectivity index (χ1v) is 11.5. The summed E-state index contributed by atoms with van der Waals surface area (Å²) in [4.78, 5) is 27.9. The molecule has 3 amide bonds. The second-order valence-electron chi connectivity index (χ2n) is 8.83. The molecule has 4 rings (SSSR count). The molecule has 1 saturated heterocycles. The normalized spacial score (nSPS) is 16.2. The number of hydrogen-bond donors (Lipinski definition) is 3. The molecule has 8 heteroatoms. The summed E-state index contributed by atoms with van der Waals surface area (Å²) >= 11 is 0. The average Bonchev–Trinajstić information content (AvgIpc) is 3.63. The van der Waals surface area contributed by atoms with Crippen LogP contribution in [-0.4, -0.2) is 45.3 Å². The number of benzene rings is 2. The van der Waals surface area contributed by atoms with Crippen molar-refractivity contribution in [2.75, 3.05) is 42.8 Å². The molecule has 0 bridgehead atoms. The van der Waals surface area contributed by atoms with Crippen LogP contribution in [0.15, 0.2) is 36.4 Å². The SMILES string of the molecule is COc1cc(NC(=O)Nc2ccc(N3CCC(C)CC3)c(C(=O)NC3CC3)c2)cc(OC)c1. The fraction of sp³-hybridized carbons (Fsp3) is 0.440. The van der Waals surface area contributed by atoms with Gasteiger partial charge in [0, 0.05) is 54.4 Å². The summed E-state index contributed by atoms with van der Waals surface area (Å²) in [6.45, 7) is 4.12. The highest BCUT2D eigenvalue weighted by Gasteiger charge is 2.27. The number of amides is 3. The van der Waals surface area contributed by atoms with Crippen molar-refractivity contribution < 1.29 is 19.1 Å². The van der Waals surface area contributed by atoms with Crippen LogP contribution in [0.25, 0.3) is 0 Å². The van der Waals surface area contributed by atoms with Gasteiger partial charge in [0.15, 0.2) is 0 Å². The van der Waals surface area contributed by atoms with Gasteiger partial charge in [-0.2, -0.15) is 0 Å². The molecule has 1 aliphatic carbocycles. The summed E-state index contributed by atoms with van der Waals surface area (Å²) in [6.07, 6.45) is 4.26. The third-order valence-electron chi connectivity index (χ3n) is 6.15. The van der Waals surface area contributed by atoms with E-state index in [4.69, 9.17) is 9.47 Å². The van der Waals surface area contributed by atoms with Gasteiger partial charge in [0.25, 0.3) is 5.91 Å². The van der Waals surface area contributed by atoms with Gasteiger partial charge in [-0.05, 0) is 49.8 Å². The van der Waals surface area contributed by atoms with Crippen LogP contribution in [0.3, 0.4) is 0 Å². The molecule has 0 atom stereocenters. The van der Waals surface area contributed by atoms with Crippen LogP contribution in [0.4, 0.5) is 21.9 Å². The lowest BCUT2D eigenvalue weighted by atomic mass is 9.98. The number of urea groups is 1. The third-order valence-corrected chi connectivity index (χ3v) is 6.15. The number of piperidine rings is 1. The standard InChI is InChI=1S/C25H32N4O4/c1-16-8-10-29(11-9-16)23-7-6-18(14-22(23)24(30)26-17-4-5-17)27-25(31)28-19-12-20(32-2)15-21(13-19)33-3/h6-7,12-17H,4-5,8-11H2,1-3H3,(H,26,30)(H2,27,28,31). The minimum absolute atomic E-state index is 0.0901. The maximum Gasteiger partial charge on any atom is 0.323 e. The van der Waals surface area contributed by atoms with E-state index in [0.29, 0.717) is 34.4 Å². The van der Waals surface area contributed by atoms with Crippen LogP contribution < -0.4 is 30.3 Å². The number of rotatable bonds is 7. The number of nitrogens with one attached hydrogen (secondary N) is 3. The van der Waals surface area contributed by atoms with Gasteiger partial charge in [-0.15, -0.1) is 0 Å². The van der Waals surface area contributed by atoms with Gasteiger partial charge < -0.3 is 30.3 Å². The number of carbonyl (C=O) groups is 2. The largest absolute Gasteiger partial charge is 0.497 e. The Balaban J connectivity index is 1.51. The molecule has 176 valence electrons. The van der Waals surface area contributed by atoms with E-state index in [-0.39, 0.29) is 11.9 Å². The predicted octanol–water partition coefficient (Wildman–Crippen LogP) is 4.48. The van der Waals surface area contributed by atoms with E-state index in [0.717, 1.165) is 44.5 Å². The van der Waals surface area contributed by atoms with Crippen molar-refractivity contribution >= 4 is 29.0 Å². The first-order chi connectivity index (χ1) is 15.9. The summed E-state index contributed by atoms with van der Waals surface area (Å²) in [6, 6.07) is 10.5. The smallest absolute Gasteiger partial charge is 0.323 e. The van der Waals surface area contributed by atoms with Crippen LogP contribution in [0, 0.1) is 5.92 Å². The molecular formula is C25H32N4O4. The maximum atomic E-state index is 13.0. The summed E-state index contributed by atoms with van der Waals surface area (Å²) in [5, 5.41) is 8.71. The van der Waals surface area contributed by atoms with Gasteiger partial charge in [-0.25, -0.2) is 4.79 Å². The summed E-state index contributed by atoms with van der Waals surface area (Å²) in [5.41, 5.74) is 2.60. The van der Waals surface area contributed by atoms with E-state index in [2.05, 4.69) is 27.8 Å². The average molecular weight is 453 g/mol. The Morgan fingerprint density at radius 1 is 0.879 bits per heavy atom. The first kappa shape index (κ1) is 22.8. The molecule has 0 spiro atoms. The molecule has 0 radical (unpaired) electrons. The zero-order valence-electron chi connectivity index (χ0n) is 19.4. The highest BCUT2D eigenvalue weighted by molar-refractivity contribution is 6.04. The Morgan fingerprint density at radius 3 is 2.12 bits per heavy atom. The van der Waals surface area contributed by atoms with Gasteiger partial charge in [-0.1, -0.05) is 6.92 Å². The molecule has 8 nitrogen and oxygen atoms in total. The van der Waals surface area contributed by atoms with E-state index in [1.54, 1.807) is 38.5 Å². The first-order valence-electron chi connectivity index (χ1n) is 11.5. The van der Waals surface area contributed by atoms with E-state index in [1.165, 1.54) is 0 Å². The fourth-order valence-corrected chi connectivity index (χ4v) is 3.98. The van der Waals surface area contributed by atoms with Crippen molar-refractivity contribution in [2.24, 2.45) is 5.92 Å². The second kappa shape index (κ2) is 10.0. The molecule has 0 aromatic heterocycles. The molecule has 1 saturated carbocycles. The maximum absolute atomic E-state index is 13.0. The lowest BCUT2D eigenvalue weighted by Crippen LogP contribution is -2.35. The second-order valence-corrected chi connectivity index (χ2v) is 8.83. The molecule has 2 fully saturated rings. The third kappa shape index (κ3) is 5.88. The molecule has 33 heavy (non-hydrogen) atoms. The molecule has 2 aromatic rings. The minimum atomic E-state index is -0.418. The Morgan fingerprint density at radius 2 is 1.52 bits per heavy atom. The summed E-state index contributed by atoms with van der Waals surface area (Å²) in [5.74, 6) is 1.75. The monoisotopic (exact) mass is 452 g/mol. The molecule has 0 unspecified atom stereocenters. The Bertz CT molecular complexity index is 991. The summed E-state index contributed by atoms with van der Waals surface area (Å²) < 4.78 is 10.5. The van der Waals surface area contributed by atoms with E-state index in [1.807, 2.05) is 12.1 Å². The van der Waals surface area contributed by atoms with Gasteiger partial charge in [-0.3, -0.25) is 4.79 Å². The lowest BCUT2D eigenvalue weighted by Gasteiger charge is -2.33. The quantitative estimate of drug-likeness (QED) is 0.576. The van der Waals surface area contributed by atoms with Crippen molar-refractivity contribution in [3.05, 3.63) is 42.0 Å². The van der Waals surface area contributed by atoms with Crippen LogP contribution in [0.5, 0.6) is 11.5 Å². The molecular weight excluding hydrogens is 420 g/mol. The van der Waals surface area contributed by atoms with Crippen LogP contribution in [0.1, 0.15) is 43.0 Å². The van der Waals surface area contributed by atoms with Crippen molar-refractivity contribution in [2.45, 2.75) is 38.6 Å². The number of carbonyl (C=O) groups excluding carboxylic acids is 2. The minimum Gasteiger partial charge on any atom is -0.497 e. The van der Waals surface area contributed by atoms with Crippen molar-refractivity contribution in [1.82, 2.24) is 5.32 Å². The van der Waals surface area contributed by atoms with Gasteiger partial charge >= 0.3 is 6.03 Å². The molecule has 2 aliphatic rings. The fourth-order valence-electron chi connectivity index (χ4n) is 3.98. The summed E-state index contributed by atoms with van der Waals surface area (Å²) in [7, 11) is 3.11. The topological polar surface area (TPSA) is 91.9 Å². The van der Waals surface area contributed by atoms with E-state index in [9.17, 15) is 9.59 Å². The number of hydrogen-bond acceptors (Lipinski definition) is 5. The zero-order valence-corrected chi connectivity index (χ0v) is 19.4. The molecule has 2 aromatic carbocycles. The molecule has 3 N–H and O–H groups in total. The van der Waals surface area contributed by atoms with Gasteiger partial charge in [0.1, 0.15) is 11.5 Å². The van der Waals surface area contributed by atoms with Crippen molar-refractivity contribution in [3.63, 3.8) is 0 Å². The predicted molar refractivity (Wildman–Crippen MR) is 130 cm³/mol. The van der Waals surface area contributed by atoms with Crippen LogP contribution in [-0.2, 0) is 0 Å². The number of methoxy groups -OCH3 is 2. The highest BCUT2D eigenvalue weighted by atomic mass is 16.5. The Labute approximate surface area is 194 Å². The van der Waals surface area contributed by atoms with Gasteiger partial charge in [0.2, 0.25) is 0 Å². The van der Waals surface area contributed by atoms with Crippen molar-refractivity contribution in [1.29, 1.82) is 0 Å². The Hall–Kier alpha value is -3.42. The van der Waals surface area contributed by atoms with Crippen molar-refractivity contribution in [3.8, 4) is 11.5 Å². The number of anilines is 3. The highest BCUT2D eigenvalue weighted by Crippen LogP contribution is 2.30. The van der Waals surface area contributed by atoms with Crippen LogP contribution in [0.2, 0.25) is 0 Å². The van der Waals surface area contributed by atoms with Gasteiger partial charge in [0.05, 0.1) is 19.8 Å².